The number of aryl methyl sites for hydroxylation is 1. The van der Waals surface area contributed by atoms with Crippen LogP contribution in [0.3, 0.4) is 0 Å². The molecule has 1 saturated heterocycles. The van der Waals surface area contributed by atoms with Crippen molar-refractivity contribution < 1.29 is 19.1 Å². The number of aliphatic carboxylic acids is 1. The number of halogens is 2. The Morgan fingerprint density at radius 2 is 2.03 bits per heavy atom. The normalized spacial score (nSPS) is 20.9. The summed E-state index contributed by atoms with van der Waals surface area (Å²) in [5, 5.41) is 17.4. The van der Waals surface area contributed by atoms with E-state index in [1.54, 1.807) is 24.4 Å². The van der Waals surface area contributed by atoms with Crippen LogP contribution < -0.4 is 0 Å². The molecule has 0 amide bonds. The third kappa shape index (κ3) is 6.43. The molecule has 2 aliphatic rings. The Morgan fingerprint density at radius 1 is 1.27 bits per heavy atom. The average molecular weight is 495 g/mol. The van der Waals surface area contributed by atoms with Crippen LogP contribution in [0.5, 0.6) is 0 Å². The van der Waals surface area contributed by atoms with E-state index < -0.39 is 12.0 Å². The summed E-state index contributed by atoms with van der Waals surface area (Å²) in [4.78, 5) is 27.4. The van der Waals surface area contributed by atoms with Crippen molar-refractivity contribution in [1.82, 2.24) is 19.9 Å². The van der Waals surface area contributed by atoms with Gasteiger partial charge in [0, 0.05) is 36.2 Å². The van der Waals surface area contributed by atoms with Crippen LogP contribution in [0.15, 0.2) is 36.0 Å². The van der Waals surface area contributed by atoms with Crippen LogP contribution in [0.2, 0.25) is 0 Å². The molecule has 178 valence electrons. The number of carboxylic acid groups (broad SMARTS) is 1. The van der Waals surface area contributed by atoms with Crippen molar-refractivity contribution in [2.75, 3.05) is 13.1 Å². The molecule has 0 spiro atoms. The van der Waals surface area contributed by atoms with Gasteiger partial charge in [0.2, 0.25) is 0 Å². The standard InChI is InChI=1S/C23H27FN4O3S.ClH/c24-19-5-2-1-4-18(19)22(23(31)15-7-8-15)27-11-9-20(32)16(14-27)12-17-13-25-28(26-17)10-3-6-21(29)30;/h1-2,4-5,12-13,15,20,22,32H,3,6-11,14H2,(H,29,30);1H/b16-12+;. The van der Waals surface area contributed by atoms with E-state index in [4.69, 9.17) is 17.7 Å². The molecule has 1 aliphatic heterocycles. The second-order valence-electron chi connectivity index (χ2n) is 8.46. The van der Waals surface area contributed by atoms with Gasteiger partial charge in [0.1, 0.15) is 11.5 Å². The van der Waals surface area contributed by atoms with E-state index in [0.717, 1.165) is 24.8 Å². The summed E-state index contributed by atoms with van der Waals surface area (Å²) in [7, 11) is 0. The molecule has 1 aromatic carbocycles. The molecule has 1 N–H and O–H groups in total. The van der Waals surface area contributed by atoms with Gasteiger partial charge in [-0.2, -0.15) is 27.6 Å². The Kier molecular flexibility index (Phi) is 8.67. The molecule has 1 saturated carbocycles. The molecule has 0 bridgehead atoms. The zero-order chi connectivity index (χ0) is 22.7. The van der Waals surface area contributed by atoms with E-state index >= 15 is 0 Å². The smallest absolute Gasteiger partial charge is 0.303 e. The van der Waals surface area contributed by atoms with Crippen molar-refractivity contribution in [3.8, 4) is 0 Å². The topological polar surface area (TPSA) is 88.3 Å². The zero-order valence-electron chi connectivity index (χ0n) is 18.1. The van der Waals surface area contributed by atoms with Gasteiger partial charge in [-0.15, -0.1) is 12.4 Å². The molecule has 7 nitrogen and oxygen atoms in total. The molecule has 2 atom stereocenters. The van der Waals surface area contributed by atoms with Gasteiger partial charge in [0.25, 0.3) is 0 Å². The Morgan fingerprint density at radius 3 is 2.73 bits per heavy atom. The fourth-order valence-electron chi connectivity index (χ4n) is 4.12. The fraction of sp³-hybridized carbons (Fsp3) is 0.478. The van der Waals surface area contributed by atoms with Gasteiger partial charge in [0.05, 0.1) is 18.8 Å². The summed E-state index contributed by atoms with van der Waals surface area (Å²) in [6.07, 6.45) is 6.57. The first-order chi connectivity index (χ1) is 15.4. The highest BCUT2D eigenvalue weighted by atomic mass is 35.5. The predicted molar refractivity (Wildman–Crippen MR) is 128 cm³/mol. The van der Waals surface area contributed by atoms with Crippen LogP contribution in [-0.4, -0.2) is 55.1 Å². The second kappa shape index (κ2) is 11.3. The molecule has 10 heteroatoms. The highest BCUT2D eigenvalue weighted by molar-refractivity contribution is 7.81. The number of carbonyl (C=O) groups excluding carboxylic acids is 1. The van der Waals surface area contributed by atoms with Gasteiger partial charge >= 0.3 is 5.97 Å². The molecule has 2 fully saturated rings. The van der Waals surface area contributed by atoms with Gasteiger partial charge < -0.3 is 5.11 Å². The SMILES string of the molecule is Cl.O=C(O)CCCn1ncc(/C=C2\CN(C(C(=O)C3CC3)c3ccccc3F)CCC2S)n1. The van der Waals surface area contributed by atoms with E-state index in [-0.39, 0.29) is 41.6 Å². The Hall–Kier alpha value is -2.23. The number of rotatable bonds is 9. The number of Topliss-reactive ketones (excluding diaryl/α,β-unsaturated/α-hetero) is 1. The summed E-state index contributed by atoms with van der Waals surface area (Å²) >= 11 is 4.72. The first kappa shape index (κ1) is 25.4. The predicted octanol–water partition coefficient (Wildman–Crippen LogP) is 3.81. The third-order valence-corrected chi connectivity index (χ3v) is 6.54. The number of carboxylic acids is 1. The van der Waals surface area contributed by atoms with Gasteiger partial charge in [-0.3, -0.25) is 14.5 Å². The van der Waals surface area contributed by atoms with Gasteiger partial charge in [0.15, 0.2) is 5.78 Å². The molecule has 1 aromatic heterocycles. The van der Waals surface area contributed by atoms with E-state index in [1.165, 1.54) is 10.9 Å². The summed E-state index contributed by atoms with van der Waals surface area (Å²) < 4.78 is 14.6. The van der Waals surface area contributed by atoms with Crippen LogP contribution in [0.4, 0.5) is 4.39 Å². The lowest BCUT2D eigenvalue weighted by Crippen LogP contribution is -2.42. The summed E-state index contributed by atoms with van der Waals surface area (Å²) in [5.74, 6) is -1.08. The minimum absolute atomic E-state index is 0. The van der Waals surface area contributed by atoms with E-state index in [0.29, 0.717) is 37.3 Å². The highest BCUT2D eigenvalue weighted by Crippen LogP contribution is 2.39. The molecule has 4 rings (SSSR count). The quantitative estimate of drug-likeness (QED) is 0.515. The Bertz CT molecular complexity index is 1030. The minimum atomic E-state index is -0.843. The monoisotopic (exact) mass is 494 g/mol. The van der Waals surface area contributed by atoms with E-state index in [1.807, 2.05) is 6.08 Å². The van der Waals surface area contributed by atoms with Gasteiger partial charge in [-0.25, -0.2) is 4.39 Å². The number of carbonyl (C=O) groups is 2. The number of likely N-dealkylation sites (tertiary alicyclic amines) is 1. The van der Waals surface area contributed by atoms with Crippen molar-refractivity contribution in [1.29, 1.82) is 0 Å². The van der Waals surface area contributed by atoms with Gasteiger partial charge in [-0.05, 0) is 43.4 Å². The molecule has 2 unspecified atom stereocenters. The first-order valence-electron chi connectivity index (χ1n) is 10.9. The summed E-state index contributed by atoms with van der Waals surface area (Å²) in [6.45, 7) is 1.58. The van der Waals surface area contributed by atoms with Gasteiger partial charge in [-0.1, -0.05) is 18.2 Å². The summed E-state index contributed by atoms with van der Waals surface area (Å²) in [6, 6.07) is 5.94. The molecule has 2 heterocycles. The van der Waals surface area contributed by atoms with Crippen LogP contribution in [0, 0.1) is 11.7 Å². The van der Waals surface area contributed by atoms with Crippen molar-refractivity contribution >= 4 is 42.9 Å². The molecular formula is C23H28ClFN4O3S. The number of hydrogen-bond donors (Lipinski definition) is 2. The number of piperidine rings is 1. The number of thiol groups is 1. The third-order valence-electron chi connectivity index (χ3n) is 5.95. The number of benzene rings is 1. The molecule has 0 radical (unpaired) electrons. The highest BCUT2D eigenvalue weighted by Gasteiger charge is 2.40. The number of nitrogens with zero attached hydrogens (tertiary/aromatic N) is 4. The minimum Gasteiger partial charge on any atom is -0.481 e. The van der Waals surface area contributed by atoms with E-state index in [2.05, 4.69) is 15.1 Å². The number of hydrogen-bond acceptors (Lipinski definition) is 6. The maximum Gasteiger partial charge on any atom is 0.303 e. The van der Waals surface area contributed by atoms with Crippen molar-refractivity contribution in [3.63, 3.8) is 0 Å². The number of aromatic nitrogens is 3. The Labute approximate surface area is 203 Å². The lowest BCUT2D eigenvalue weighted by Gasteiger charge is -2.37. The molecular weight excluding hydrogens is 467 g/mol. The zero-order valence-corrected chi connectivity index (χ0v) is 19.8. The van der Waals surface area contributed by atoms with Crippen molar-refractivity contribution in [2.24, 2.45) is 5.92 Å². The van der Waals surface area contributed by atoms with Crippen LogP contribution in [0.25, 0.3) is 6.08 Å². The second-order valence-corrected chi connectivity index (χ2v) is 9.08. The maximum atomic E-state index is 14.6. The molecule has 2 aromatic rings. The number of ketones is 1. The van der Waals surface area contributed by atoms with Crippen LogP contribution in [-0.2, 0) is 16.1 Å². The van der Waals surface area contributed by atoms with Crippen LogP contribution >= 0.6 is 25.0 Å². The molecule has 33 heavy (non-hydrogen) atoms. The van der Waals surface area contributed by atoms with Crippen LogP contribution in [0.1, 0.15) is 49.4 Å². The maximum absolute atomic E-state index is 14.6. The first-order valence-corrected chi connectivity index (χ1v) is 11.5. The fourth-order valence-corrected chi connectivity index (χ4v) is 4.39. The van der Waals surface area contributed by atoms with Crippen molar-refractivity contribution in [3.05, 3.63) is 53.1 Å². The van der Waals surface area contributed by atoms with Crippen molar-refractivity contribution in [2.45, 2.75) is 49.9 Å². The largest absolute Gasteiger partial charge is 0.481 e. The summed E-state index contributed by atoms with van der Waals surface area (Å²) in [5.41, 5.74) is 2.10. The van der Waals surface area contributed by atoms with E-state index in [9.17, 15) is 14.0 Å². The lowest BCUT2D eigenvalue weighted by molar-refractivity contribution is -0.137. The average Bonchev–Trinajstić information content (AvgIpc) is 3.52. The lowest BCUT2D eigenvalue weighted by atomic mass is 9.93. The molecule has 1 aliphatic carbocycles. The Balaban J connectivity index is 0.00000306.